The first-order chi connectivity index (χ1) is 4.72. The zero-order chi connectivity index (χ0) is 7.56. The van der Waals surface area contributed by atoms with Crippen molar-refractivity contribution in [1.29, 1.82) is 0 Å². The normalized spacial score (nSPS) is 9.40. The van der Waals surface area contributed by atoms with Crippen LogP contribution < -0.4 is 0 Å². The Hall–Kier alpha value is -0.820. The highest BCUT2D eigenvalue weighted by Gasteiger charge is 2.01. The summed E-state index contributed by atoms with van der Waals surface area (Å²) in [5.74, 6) is -0.0261. The van der Waals surface area contributed by atoms with Crippen molar-refractivity contribution in [2.45, 2.75) is 6.92 Å². The van der Waals surface area contributed by atoms with Gasteiger partial charge in [-0.15, -0.1) is 0 Å². The molecule has 0 amide bonds. The third kappa shape index (κ3) is 1.36. The van der Waals surface area contributed by atoms with E-state index in [4.69, 9.17) is 11.6 Å². The SMILES string of the molecule is CC(=O)c1c[c]ccc1Cl. The summed E-state index contributed by atoms with van der Waals surface area (Å²) in [5.41, 5.74) is 0.532. The Bertz CT molecular complexity index is 255. The van der Waals surface area contributed by atoms with E-state index in [2.05, 4.69) is 6.07 Å². The van der Waals surface area contributed by atoms with Crippen LogP contribution in [-0.4, -0.2) is 5.78 Å². The molecule has 0 aliphatic heterocycles. The Morgan fingerprint density at radius 2 is 2.40 bits per heavy atom. The lowest BCUT2D eigenvalue weighted by Crippen LogP contribution is -1.91. The van der Waals surface area contributed by atoms with Crippen LogP contribution in [0.2, 0.25) is 5.02 Å². The van der Waals surface area contributed by atoms with Crippen LogP contribution >= 0.6 is 11.6 Å². The van der Waals surface area contributed by atoms with Gasteiger partial charge in [0.25, 0.3) is 0 Å². The van der Waals surface area contributed by atoms with Crippen LogP contribution in [0, 0.1) is 6.07 Å². The molecule has 10 heavy (non-hydrogen) atoms. The number of hydrogen-bond donors (Lipinski definition) is 0. The van der Waals surface area contributed by atoms with Gasteiger partial charge in [0, 0.05) is 5.56 Å². The highest BCUT2D eigenvalue weighted by atomic mass is 35.5. The molecule has 0 N–H and O–H groups in total. The minimum Gasteiger partial charge on any atom is -0.294 e. The summed E-state index contributed by atoms with van der Waals surface area (Å²) in [6.45, 7) is 1.48. The van der Waals surface area contributed by atoms with Crippen LogP contribution in [-0.2, 0) is 0 Å². The van der Waals surface area contributed by atoms with Gasteiger partial charge in [-0.1, -0.05) is 17.7 Å². The maximum Gasteiger partial charge on any atom is 0.161 e. The molecule has 1 rings (SSSR count). The summed E-state index contributed by atoms with van der Waals surface area (Å²) < 4.78 is 0. The highest BCUT2D eigenvalue weighted by Crippen LogP contribution is 2.14. The molecular weight excluding hydrogens is 148 g/mol. The third-order valence-electron chi connectivity index (χ3n) is 1.19. The molecule has 0 saturated carbocycles. The first-order valence-electron chi connectivity index (χ1n) is 2.88. The molecule has 0 aliphatic rings. The molecule has 0 heterocycles. The number of halogens is 1. The third-order valence-corrected chi connectivity index (χ3v) is 1.52. The number of carbonyl (C=O) groups is 1. The summed E-state index contributed by atoms with van der Waals surface area (Å²) in [6, 6.07) is 7.69. The van der Waals surface area contributed by atoms with E-state index in [0.29, 0.717) is 10.6 Å². The topological polar surface area (TPSA) is 17.1 Å². The van der Waals surface area contributed by atoms with Crippen molar-refractivity contribution in [3.8, 4) is 0 Å². The zero-order valence-corrected chi connectivity index (χ0v) is 6.27. The van der Waals surface area contributed by atoms with Crippen molar-refractivity contribution in [3.05, 3.63) is 34.9 Å². The van der Waals surface area contributed by atoms with Crippen molar-refractivity contribution in [2.75, 3.05) is 0 Å². The predicted molar refractivity (Wildman–Crippen MR) is 40.3 cm³/mol. The largest absolute Gasteiger partial charge is 0.294 e. The van der Waals surface area contributed by atoms with Crippen molar-refractivity contribution in [3.63, 3.8) is 0 Å². The van der Waals surface area contributed by atoms with Crippen LogP contribution in [0.25, 0.3) is 0 Å². The molecule has 1 aromatic rings. The molecule has 0 bridgehead atoms. The molecule has 1 aromatic carbocycles. The van der Waals surface area contributed by atoms with Crippen LogP contribution in [0.3, 0.4) is 0 Å². The molecule has 0 spiro atoms. The fourth-order valence-corrected chi connectivity index (χ4v) is 0.932. The fourth-order valence-electron chi connectivity index (χ4n) is 0.681. The Labute approximate surface area is 64.6 Å². The van der Waals surface area contributed by atoms with Crippen molar-refractivity contribution in [1.82, 2.24) is 0 Å². The molecule has 1 nitrogen and oxygen atoms in total. The summed E-state index contributed by atoms with van der Waals surface area (Å²) in [4.78, 5) is 10.8. The van der Waals surface area contributed by atoms with Crippen LogP contribution in [0.1, 0.15) is 17.3 Å². The number of benzene rings is 1. The van der Waals surface area contributed by atoms with Crippen LogP contribution in [0.4, 0.5) is 0 Å². The van der Waals surface area contributed by atoms with Gasteiger partial charge in [-0.25, -0.2) is 0 Å². The molecule has 2 heteroatoms. The summed E-state index contributed by atoms with van der Waals surface area (Å²) in [7, 11) is 0. The Balaban J connectivity index is 3.15. The van der Waals surface area contributed by atoms with E-state index >= 15 is 0 Å². The number of Topliss-reactive ketones (excluding diaryl/α,β-unsaturated/α-hetero) is 1. The fraction of sp³-hybridized carbons (Fsp3) is 0.125. The lowest BCUT2D eigenvalue weighted by atomic mass is 10.1. The molecule has 0 fully saturated rings. The molecule has 0 unspecified atom stereocenters. The van der Waals surface area contributed by atoms with Crippen molar-refractivity contribution < 1.29 is 4.79 Å². The van der Waals surface area contributed by atoms with Gasteiger partial charge in [0.1, 0.15) is 0 Å². The van der Waals surface area contributed by atoms with Gasteiger partial charge in [0.15, 0.2) is 5.78 Å². The van der Waals surface area contributed by atoms with E-state index < -0.39 is 0 Å². The van der Waals surface area contributed by atoms with E-state index in [-0.39, 0.29) is 5.78 Å². The minimum absolute atomic E-state index is 0.0261. The molecule has 1 radical (unpaired) electrons. The molecule has 0 aliphatic carbocycles. The van der Waals surface area contributed by atoms with E-state index in [9.17, 15) is 4.79 Å². The second-order valence-corrected chi connectivity index (χ2v) is 2.37. The van der Waals surface area contributed by atoms with E-state index in [1.54, 1.807) is 18.2 Å². The Kier molecular flexibility index (Phi) is 2.07. The summed E-state index contributed by atoms with van der Waals surface area (Å²) in [6.07, 6.45) is 0. The zero-order valence-electron chi connectivity index (χ0n) is 5.52. The monoisotopic (exact) mass is 153 g/mol. The average Bonchev–Trinajstić information content (AvgIpc) is 1.88. The standard InChI is InChI=1S/C8H6ClO/c1-6(10)7-4-2-3-5-8(7)9/h3-5H,1H3. The Morgan fingerprint density at radius 1 is 1.70 bits per heavy atom. The second-order valence-electron chi connectivity index (χ2n) is 1.96. The number of hydrogen-bond acceptors (Lipinski definition) is 1. The minimum atomic E-state index is -0.0261. The lowest BCUT2D eigenvalue weighted by molar-refractivity contribution is 0.101. The van der Waals surface area contributed by atoms with Crippen molar-refractivity contribution in [2.24, 2.45) is 0 Å². The maximum absolute atomic E-state index is 10.8. The molecular formula is C8H6ClO. The molecule has 51 valence electrons. The number of ketones is 1. The Morgan fingerprint density at radius 3 is 2.80 bits per heavy atom. The van der Waals surface area contributed by atoms with E-state index in [1.165, 1.54) is 6.92 Å². The smallest absolute Gasteiger partial charge is 0.161 e. The van der Waals surface area contributed by atoms with Gasteiger partial charge in [-0.05, 0) is 25.1 Å². The molecule has 0 atom stereocenters. The van der Waals surface area contributed by atoms with Gasteiger partial charge in [-0.2, -0.15) is 0 Å². The molecule has 0 saturated heterocycles. The average molecular weight is 154 g/mol. The number of rotatable bonds is 1. The summed E-state index contributed by atoms with van der Waals surface area (Å²) in [5, 5.41) is 0.492. The molecule has 0 aromatic heterocycles. The van der Waals surface area contributed by atoms with Gasteiger partial charge in [0.2, 0.25) is 0 Å². The lowest BCUT2D eigenvalue weighted by Gasteiger charge is -1.95. The second kappa shape index (κ2) is 2.84. The highest BCUT2D eigenvalue weighted by molar-refractivity contribution is 6.33. The van der Waals surface area contributed by atoms with Gasteiger partial charge >= 0.3 is 0 Å². The predicted octanol–water partition coefficient (Wildman–Crippen LogP) is 2.34. The van der Waals surface area contributed by atoms with Crippen LogP contribution in [0.15, 0.2) is 18.2 Å². The van der Waals surface area contributed by atoms with Gasteiger partial charge < -0.3 is 0 Å². The van der Waals surface area contributed by atoms with E-state index in [1.807, 2.05) is 0 Å². The van der Waals surface area contributed by atoms with Gasteiger partial charge in [-0.3, -0.25) is 4.79 Å². The van der Waals surface area contributed by atoms with Gasteiger partial charge in [0.05, 0.1) is 5.02 Å². The van der Waals surface area contributed by atoms with E-state index in [0.717, 1.165) is 0 Å². The first kappa shape index (κ1) is 7.29. The quantitative estimate of drug-likeness (QED) is 0.566. The first-order valence-corrected chi connectivity index (χ1v) is 3.26. The number of carbonyl (C=O) groups excluding carboxylic acids is 1. The maximum atomic E-state index is 10.8. The summed E-state index contributed by atoms with van der Waals surface area (Å²) >= 11 is 5.68. The van der Waals surface area contributed by atoms with Crippen LogP contribution in [0.5, 0.6) is 0 Å². The van der Waals surface area contributed by atoms with Crippen molar-refractivity contribution >= 4 is 17.4 Å².